The van der Waals surface area contributed by atoms with Gasteiger partial charge in [-0.25, -0.2) is 28.7 Å². The Balaban J connectivity index is 0.000000169. The fourth-order valence-electron chi connectivity index (χ4n) is 8.25. The van der Waals surface area contributed by atoms with E-state index in [4.69, 9.17) is 25.3 Å². The summed E-state index contributed by atoms with van der Waals surface area (Å²) in [6.07, 6.45) is 8.81. The number of aliphatic hydroxyl groups excluding tert-OH is 1. The number of benzene rings is 2. The van der Waals surface area contributed by atoms with Crippen molar-refractivity contribution in [2.75, 3.05) is 45.1 Å². The Morgan fingerprint density at radius 1 is 0.719 bits per heavy atom. The van der Waals surface area contributed by atoms with Gasteiger partial charge in [0.05, 0.1) is 58.5 Å². The number of rotatable bonds is 11. The monoisotopic (exact) mass is 874 g/mol. The van der Waals surface area contributed by atoms with Crippen molar-refractivity contribution in [3.63, 3.8) is 0 Å². The van der Waals surface area contributed by atoms with Crippen LogP contribution in [0.4, 0.5) is 20.7 Å². The highest BCUT2D eigenvalue weighted by Crippen LogP contribution is 2.33. The maximum Gasteiger partial charge on any atom is 0.208 e. The number of nitrogens with one attached hydrogen (secondary N) is 2. The summed E-state index contributed by atoms with van der Waals surface area (Å²) in [6, 6.07) is 10.3. The van der Waals surface area contributed by atoms with E-state index >= 15 is 0 Å². The molecule has 0 radical (unpaired) electrons. The molecular formula is C45H52F2N14O3. The first-order valence-corrected chi connectivity index (χ1v) is 20.8. The summed E-state index contributed by atoms with van der Waals surface area (Å²) < 4.78 is 47.7. The molecule has 10 rings (SSSR count). The van der Waals surface area contributed by atoms with Gasteiger partial charge in [-0.15, -0.1) is 0 Å². The number of hydrogen-bond donors (Lipinski definition) is 4. The third kappa shape index (κ3) is 8.56. The molecule has 17 nitrogen and oxygen atoms in total. The minimum absolute atomic E-state index is 0.237. The number of anilines is 2. The average molecular weight is 875 g/mol. The first-order chi connectivity index (χ1) is 30.9. The fraction of sp³-hybridized carbons (Fsp3) is 0.333. The lowest BCUT2D eigenvalue weighted by molar-refractivity contribution is 0.356. The van der Waals surface area contributed by atoms with Crippen LogP contribution >= 0.6 is 0 Å². The molecular weight excluding hydrogens is 823 g/mol. The first-order valence-electron chi connectivity index (χ1n) is 20.8. The van der Waals surface area contributed by atoms with Crippen LogP contribution in [-0.2, 0) is 53.1 Å². The third-order valence-corrected chi connectivity index (χ3v) is 11.1. The van der Waals surface area contributed by atoms with Gasteiger partial charge in [0.25, 0.3) is 0 Å². The van der Waals surface area contributed by atoms with Crippen LogP contribution in [0.5, 0.6) is 11.5 Å². The van der Waals surface area contributed by atoms with E-state index in [1.54, 1.807) is 29.2 Å². The summed E-state index contributed by atoms with van der Waals surface area (Å²) in [5, 5.41) is 22.5. The van der Waals surface area contributed by atoms with E-state index < -0.39 is 0 Å². The van der Waals surface area contributed by atoms with Crippen molar-refractivity contribution in [1.29, 1.82) is 0 Å². The maximum atomic E-state index is 14.6. The lowest BCUT2D eigenvalue weighted by Gasteiger charge is -2.13. The topological polar surface area (TPSA) is 188 Å². The molecule has 2 aliphatic heterocycles. The van der Waals surface area contributed by atoms with Crippen molar-refractivity contribution in [3.8, 4) is 34.0 Å². The van der Waals surface area contributed by atoms with Gasteiger partial charge >= 0.3 is 0 Å². The van der Waals surface area contributed by atoms with Crippen LogP contribution in [0.25, 0.3) is 33.8 Å². The molecule has 6 aromatic heterocycles. The molecule has 8 aromatic rings. The highest BCUT2D eigenvalue weighted by Gasteiger charge is 2.23. The molecule has 0 saturated carbocycles. The van der Waals surface area contributed by atoms with Crippen LogP contribution in [0.2, 0.25) is 0 Å². The molecule has 2 aliphatic rings. The van der Waals surface area contributed by atoms with Crippen molar-refractivity contribution in [1.82, 2.24) is 53.2 Å². The van der Waals surface area contributed by atoms with Gasteiger partial charge in [0, 0.05) is 107 Å². The molecule has 334 valence electrons. The van der Waals surface area contributed by atoms with Gasteiger partial charge in [-0.1, -0.05) is 0 Å². The number of fused-ring (bicyclic) bond motifs is 4. The standard InChI is InChI=1S/C23H26FN7O.C21H22FN7O.CH4O/c1-14-9-20(30(4)28-14)18-11-26-23(31-13-15(12-29(2)3)27-22(18)31)25-10-17-16-7-8-32-21(16)6-5-19(17)24;1-12-7-18(28(2)27-12)16-10-25-21(29-11-13(8-23)26-20(16)29)24-9-15-14-5-6-30-19(14)4-3-17(15)22;1-2/h5-6,9,11,13H,7-8,10,12H2,1-4H3,(H,25,26);3-4,7,10-11H,5-6,8-9,23H2,1-2H3,(H,24,25);2H,1H3. The van der Waals surface area contributed by atoms with Crippen LogP contribution in [0.3, 0.4) is 0 Å². The summed E-state index contributed by atoms with van der Waals surface area (Å²) in [4.78, 5) is 20.9. The second kappa shape index (κ2) is 18.4. The number of aliphatic hydroxyl groups is 1. The van der Waals surface area contributed by atoms with Crippen molar-refractivity contribution in [2.45, 2.75) is 52.9 Å². The summed E-state index contributed by atoms with van der Waals surface area (Å²) in [7, 11) is 8.81. The summed E-state index contributed by atoms with van der Waals surface area (Å²) in [5.74, 6) is 2.20. The molecule has 0 amide bonds. The van der Waals surface area contributed by atoms with Crippen LogP contribution in [0.1, 0.15) is 45.0 Å². The minimum Gasteiger partial charge on any atom is -0.493 e. The Morgan fingerprint density at radius 2 is 1.17 bits per heavy atom. The number of nitrogens with zero attached hydrogens (tertiary/aromatic N) is 11. The molecule has 64 heavy (non-hydrogen) atoms. The van der Waals surface area contributed by atoms with Crippen LogP contribution in [0, 0.1) is 25.5 Å². The molecule has 5 N–H and O–H groups in total. The molecule has 0 unspecified atom stereocenters. The molecule has 0 atom stereocenters. The van der Waals surface area contributed by atoms with Gasteiger partial charge in [0.1, 0.15) is 23.1 Å². The Morgan fingerprint density at radius 3 is 1.59 bits per heavy atom. The predicted molar refractivity (Wildman–Crippen MR) is 239 cm³/mol. The van der Waals surface area contributed by atoms with Gasteiger partial charge in [-0.05, 0) is 64.3 Å². The Bertz CT molecular complexity index is 2970. The normalized spacial score (nSPS) is 12.7. The molecule has 8 heterocycles. The fourth-order valence-corrected chi connectivity index (χ4v) is 8.25. The van der Waals surface area contributed by atoms with Crippen LogP contribution in [0.15, 0.2) is 61.2 Å². The van der Waals surface area contributed by atoms with Gasteiger partial charge < -0.3 is 35.8 Å². The highest BCUT2D eigenvalue weighted by atomic mass is 19.1. The zero-order valence-corrected chi connectivity index (χ0v) is 36.9. The lowest BCUT2D eigenvalue weighted by Crippen LogP contribution is -2.11. The third-order valence-electron chi connectivity index (χ3n) is 11.1. The van der Waals surface area contributed by atoms with Gasteiger partial charge in [-0.3, -0.25) is 18.2 Å². The van der Waals surface area contributed by atoms with E-state index in [-0.39, 0.29) is 11.6 Å². The summed E-state index contributed by atoms with van der Waals surface area (Å²) in [6.45, 7) is 6.68. The zero-order chi connectivity index (χ0) is 45.2. The largest absolute Gasteiger partial charge is 0.493 e. The summed E-state index contributed by atoms with van der Waals surface area (Å²) in [5.41, 5.74) is 17.5. The summed E-state index contributed by atoms with van der Waals surface area (Å²) >= 11 is 0. The van der Waals surface area contributed by atoms with Gasteiger partial charge in [0.2, 0.25) is 11.9 Å². The highest BCUT2D eigenvalue weighted by molar-refractivity contribution is 5.77. The molecule has 0 saturated heterocycles. The van der Waals surface area contributed by atoms with E-state index in [1.807, 2.05) is 80.0 Å². The van der Waals surface area contributed by atoms with Crippen molar-refractivity contribution < 1.29 is 23.4 Å². The van der Waals surface area contributed by atoms with Crippen LogP contribution in [-0.4, -0.2) is 92.7 Å². The Hall–Kier alpha value is -6.96. The van der Waals surface area contributed by atoms with Crippen molar-refractivity contribution in [3.05, 3.63) is 118 Å². The van der Waals surface area contributed by atoms with E-state index in [2.05, 4.69) is 40.7 Å². The van der Waals surface area contributed by atoms with E-state index in [0.29, 0.717) is 75.3 Å². The number of ether oxygens (including phenoxy) is 2. The molecule has 0 bridgehead atoms. The Kier molecular flexibility index (Phi) is 12.6. The second-order valence-electron chi connectivity index (χ2n) is 15.8. The average Bonchev–Trinajstić information content (AvgIpc) is 4.15. The number of aromatic nitrogens is 10. The lowest BCUT2D eigenvalue weighted by atomic mass is 10.0. The second-order valence-corrected chi connectivity index (χ2v) is 15.8. The van der Waals surface area contributed by atoms with Crippen molar-refractivity contribution >= 4 is 23.2 Å². The maximum absolute atomic E-state index is 14.6. The van der Waals surface area contributed by atoms with Gasteiger partial charge in [-0.2, -0.15) is 10.2 Å². The number of halogens is 2. The van der Waals surface area contributed by atoms with Crippen molar-refractivity contribution in [2.24, 2.45) is 19.8 Å². The smallest absolute Gasteiger partial charge is 0.208 e. The van der Waals surface area contributed by atoms with Gasteiger partial charge in [0.15, 0.2) is 11.3 Å². The van der Waals surface area contributed by atoms with E-state index in [0.717, 1.165) is 86.3 Å². The van der Waals surface area contributed by atoms with E-state index in [1.165, 1.54) is 12.1 Å². The SMILES string of the molecule is CO.Cc1cc(-c2cnc(NCc3c(F)ccc4c3CCO4)n3cc(CN(C)C)nc23)n(C)n1.Cc1cc(-c2cnc(NCc3c(F)ccc4c3CCO4)n3cc(CN)nc23)n(C)n1. The minimum atomic E-state index is -0.252. The number of imidazole rings is 2. The number of hydrogen-bond acceptors (Lipinski definition) is 13. The predicted octanol–water partition coefficient (Wildman–Crippen LogP) is 5.38. The van der Waals surface area contributed by atoms with Crippen LogP contribution < -0.4 is 25.8 Å². The Labute approximate surface area is 368 Å². The van der Waals surface area contributed by atoms with E-state index in [9.17, 15) is 8.78 Å². The zero-order valence-electron chi connectivity index (χ0n) is 36.9. The molecule has 2 aromatic carbocycles. The molecule has 0 fully saturated rings. The molecule has 0 spiro atoms. The first kappa shape index (κ1) is 43.7. The molecule has 19 heteroatoms. The number of aryl methyl sites for hydroxylation is 4. The number of nitrogens with two attached hydrogens (primary N) is 1. The molecule has 0 aliphatic carbocycles. The quantitative estimate of drug-likeness (QED) is 0.130.